The van der Waals surface area contributed by atoms with Crippen LogP contribution in [-0.2, 0) is 13.2 Å². The Hall–Kier alpha value is -1.87. The molecule has 0 heterocycles. The van der Waals surface area contributed by atoms with Crippen LogP contribution in [0.25, 0.3) is 0 Å². The number of benzene rings is 3. The van der Waals surface area contributed by atoms with Crippen molar-refractivity contribution in [3.8, 4) is 5.75 Å². The van der Waals surface area contributed by atoms with Crippen LogP contribution in [0.5, 0.6) is 5.75 Å². The minimum Gasteiger partial charge on any atom is -0.486 e. The van der Waals surface area contributed by atoms with Gasteiger partial charge < -0.3 is 10.1 Å². The first-order valence-corrected chi connectivity index (χ1v) is 9.72. The molecule has 0 saturated heterocycles. The van der Waals surface area contributed by atoms with Crippen LogP contribution < -0.4 is 10.1 Å². The molecule has 0 amide bonds. The molecule has 5 heteroatoms. The molecule has 3 aromatic carbocycles. The number of ether oxygens (including phenoxy) is 1. The molecular formula is C22H20Cl3NO. The van der Waals surface area contributed by atoms with Gasteiger partial charge in [-0.3, -0.25) is 0 Å². The normalized spacial score (nSPS) is 10.7. The van der Waals surface area contributed by atoms with Crippen molar-refractivity contribution in [2.75, 3.05) is 5.32 Å². The molecular weight excluding hydrogens is 401 g/mol. The maximum absolute atomic E-state index is 6.40. The van der Waals surface area contributed by atoms with E-state index in [9.17, 15) is 0 Å². The largest absolute Gasteiger partial charge is 0.486 e. The molecule has 0 saturated carbocycles. The number of aryl methyl sites for hydroxylation is 2. The lowest BCUT2D eigenvalue weighted by Crippen LogP contribution is -2.02. The predicted octanol–water partition coefficient (Wildman–Crippen LogP) is 7.45. The molecule has 3 rings (SSSR count). The van der Waals surface area contributed by atoms with E-state index >= 15 is 0 Å². The van der Waals surface area contributed by atoms with Crippen LogP contribution in [0.2, 0.25) is 15.1 Å². The maximum Gasteiger partial charge on any atom is 0.156 e. The smallest absolute Gasteiger partial charge is 0.156 e. The predicted molar refractivity (Wildman–Crippen MR) is 115 cm³/mol. The van der Waals surface area contributed by atoms with Crippen molar-refractivity contribution < 1.29 is 4.74 Å². The second-order valence-electron chi connectivity index (χ2n) is 6.46. The van der Waals surface area contributed by atoms with E-state index in [1.807, 2.05) is 36.4 Å². The molecule has 0 atom stereocenters. The summed E-state index contributed by atoms with van der Waals surface area (Å²) < 4.78 is 5.81. The summed E-state index contributed by atoms with van der Waals surface area (Å²) in [6.07, 6.45) is 0. The zero-order valence-electron chi connectivity index (χ0n) is 15.2. The van der Waals surface area contributed by atoms with Gasteiger partial charge in [-0.1, -0.05) is 53.0 Å². The van der Waals surface area contributed by atoms with Crippen molar-refractivity contribution in [1.29, 1.82) is 0 Å². The van der Waals surface area contributed by atoms with Gasteiger partial charge in [-0.2, -0.15) is 0 Å². The highest BCUT2D eigenvalue weighted by Gasteiger charge is 2.10. The number of nitrogens with one attached hydrogen (secondary N) is 1. The highest BCUT2D eigenvalue weighted by Crippen LogP contribution is 2.35. The van der Waals surface area contributed by atoms with E-state index in [0.717, 1.165) is 16.8 Å². The van der Waals surface area contributed by atoms with E-state index in [2.05, 4.69) is 37.4 Å². The molecule has 3 aromatic rings. The molecule has 2 nitrogen and oxygen atoms in total. The monoisotopic (exact) mass is 419 g/mol. The quantitative estimate of drug-likeness (QED) is 0.447. The van der Waals surface area contributed by atoms with Gasteiger partial charge in [0, 0.05) is 17.3 Å². The zero-order valence-corrected chi connectivity index (χ0v) is 17.4. The first-order chi connectivity index (χ1) is 12.9. The van der Waals surface area contributed by atoms with E-state index in [0.29, 0.717) is 34.0 Å². The van der Waals surface area contributed by atoms with Gasteiger partial charge in [-0.25, -0.2) is 0 Å². The highest BCUT2D eigenvalue weighted by molar-refractivity contribution is 6.37. The molecule has 0 bridgehead atoms. The summed E-state index contributed by atoms with van der Waals surface area (Å²) in [6, 6.07) is 17.5. The number of hydrogen-bond donors (Lipinski definition) is 1. The number of anilines is 1. The molecule has 0 spiro atoms. The van der Waals surface area contributed by atoms with Gasteiger partial charge in [0.05, 0.1) is 10.0 Å². The van der Waals surface area contributed by atoms with E-state index in [4.69, 9.17) is 39.5 Å². The van der Waals surface area contributed by atoms with E-state index in [1.165, 1.54) is 11.1 Å². The van der Waals surface area contributed by atoms with Crippen molar-refractivity contribution in [2.45, 2.75) is 27.0 Å². The van der Waals surface area contributed by atoms with Crippen molar-refractivity contribution in [1.82, 2.24) is 0 Å². The zero-order chi connectivity index (χ0) is 19.4. The van der Waals surface area contributed by atoms with Crippen LogP contribution in [0, 0.1) is 13.8 Å². The molecule has 0 aromatic heterocycles. The molecule has 0 fully saturated rings. The lowest BCUT2D eigenvalue weighted by Gasteiger charge is -2.13. The van der Waals surface area contributed by atoms with Gasteiger partial charge in [-0.15, -0.1) is 0 Å². The Morgan fingerprint density at radius 3 is 2.07 bits per heavy atom. The van der Waals surface area contributed by atoms with Gasteiger partial charge in [0.2, 0.25) is 0 Å². The van der Waals surface area contributed by atoms with Crippen LogP contribution in [0.15, 0.2) is 54.6 Å². The fourth-order valence-corrected chi connectivity index (χ4v) is 3.41. The first kappa shape index (κ1) is 19.9. The van der Waals surface area contributed by atoms with Crippen LogP contribution in [-0.4, -0.2) is 0 Å². The summed E-state index contributed by atoms with van der Waals surface area (Å²) in [7, 11) is 0. The van der Waals surface area contributed by atoms with Gasteiger partial charge in [0.15, 0.2) is 5.75 Å². The average molecular weight is 421 g/mol. The van der Waals surface area contributed by atoms with Crippen molar-refractivity contribution >= 4 is 40.5 Å². The molecule has 1 N–H and O–H groups in total. The van der Waals surface area contributed by atoms with Gasteiger partial charge in [0.25, 0.3) is 0 Å². The maximum atomic E-state index is 6.40. The summed E-state index contributed by atoms with van der Waals surface area (Å²) in [5, 5.41) is 5.07. The topological polar surface area (TPSA) is 21.3 Å². The second-order valence-corrected chi connectivity index (χ2v) is 7.71. The lowest BCUT2D eigenvalue weighted by molar-refractivity contribution is 0.306. The molecule has 0 aliphatic rings. The lowest BCUT2D eigenvalue weighted by atomic mass is 10.1. The Balaban J connectivity index is 1.66. The Labute approximate surface area is 175 Å². The van der Waals surface area contributed by atoms with E-state index in [-0.39, 0.29) is 0 Å². The number of rotatable bonds is 6. The molecule has 0 aliphatic carbocycles. The summed E-state index contributed by atoms with van der Waals surface area (Å²) in [5.74, 6) is 0.489. The fraction of sp³-hybridized carbons (Fsp3) is 0.182. The average Bonchev–Trinajstić information content (AvgIpc) is 2.63. The first-order valence-electron chi connectivity index (χ1n) is 8.58. The minimum absolute atomic E-state index is 0.372. The summed E-state index contributed by atoms with van der Waals surface area (Å²) in [6.45, 7) is 5.19. The molecule has 0 aliphatic heterocycles. The van der Waals surface area contributed by atoms with Crippen LogP contribution in [0.4, 0.5) is 5.69 Å². The minimum atomic E-state index is 0.372. The van der Waals surface area contributed by atoms with Crippen LogP contribution in [0.3, 0.4) is 0 Å². The third-order valence-electron chi connectivity index (χ3n) is 4.36. The van der Waals surface area contributed by atoms with Crippen molar-refractivity contribution in [2.24, 2.45) is 0 Å². The molecule has 0 unspecified atom stereocenters. The van der Waals surface area contributed by atoms with Gasteiger partial charge >= 0.3 is 0 Å². The fourth-order valence-electron chi connectivity index (χ4n) is 2.64. The third-order valence-corrected chi connectivity index (χ3v) is 5.17. The second kappa shape index (κ2) is 8.88. The number of hydrogen-bond acceptors (Lipinski definition) is 2. The summed E-state index contributed by atoms with van der Waals surface area (Å²) >= 11 is 18.7. The Morgan fingerprint density at radius 2 is 1.44 bits per heavy atom. The molecule has 0 radical (unpaired) electrons. The van der Waals surface area contributed by atoms with Crippen molar-refractivity contribution in [3.63, 3.8) is 0 Å². The van der Waals surface area contributed by atoms with Gasteiger partial charge in [0.1, 0.15) is 6.61 Å². The van der Waals surface area contributed by atoms with Crippen LogP contribution in [0.1, 0.15) is 22.3 Å². The van der Waals surface area contributed by atoms with E-state index < -0.39 is 0 Å². The standard InChI is InChI=1S/C22H20Cl3NO/c1-14-3-8-19(9-15(14)2)26-12-17-10-20(24)22(21(25)11-17)27-13-16-4-6-18(23)7-5-16/h3-11,26H,12-13H2,1-2H3. The van der Waals surface area contributed by atoms with E-state index in [1.54, 1.807) is 0 Å². The Kier molecular flexibility index (Phi) is 6.54. The van der Waals surface area contributed by atoms with Crippen LogP contribution >= 0.6 is 34.8 Å². The summed E-state index contributed by atoms with van der Waals surface area (Å²) in [5.41, 5.74) is 5.57. The Bertz CT molecular complexity index is 916. The summed E-state index contributed by atoms with van der Waals surface area (Å²) in [4.78, 5) is 0. The van der Waals surface area contributed by atoms with Gasteiger partial charge in [-0.05, 0) is 72.5 Å². The Morgan fingerprint density at radius 1 is 0.778 bits per heavy atom. The molecule has 140 valence electrons. The SMILES string of the molecule is Cc1ccc(NCc2cc(Cl)c(OCc3ccc(Cl)cc3)c(Cl)c2)cc1C. The van der Waals surface area contributed by atoms with Crippen molar-refractivity contribution in [3.05, 3.63) is 91.9 Å². The highest BCUT2D eigenvalue weighted by atomic mass is 35.5. The molecule has 27 heavy (non-hydrogen) atoms. The third kappa shape index (κ3) is 5.32. The number of halogens is 3.